The van der Waals surface area contributed by atoms with Crippen molar-refractivity contribution < 1.29 is 18.7 Å². The van der Waals surface area contributed by atoms with Gasteiger partial charge in [0.1, 0.15) is 17.2 Å². The summed E-state index contributed by atoms with van der Waals surface area (Å²) >= 11 is 0. The van der Waals surface area contributed by atoms with Crippen LogP contribution in [0.2, 0.25) is 0 Å². The normalized spacial score (nSPS) is 20.3. The third kappa shape index (κ3) is 4.29. The van der Waals surface area contributed by atoms with E-state index in [1.807, 2.05) is 25.7 Å². The van der Waals surface area contributed by atoms with Gasteiger partial charge in [0.15, 0.2) is 0 Å². The van der Waals surface area contributed by atoms with Gasteiger partial charge < -0.3 is 19.3 Å². The molecule has 0 saturated carbocycles. The Morgan fingerprint density at radius 2 is 1.97 bits per heavy atom. The van der Waals surface area contributed by atoms with E-state index < -0.39 is 5.60 Å². The number of anilines is 1. The number of hydrogen-bond donors (Lipinski definition) is 0. The van der Waals surface area contributed by atoms with Gasteiger partial charge in [0.2, 0.25) is 0 Å². The zero-order valence-electron chi connectivity index (χ0n) is 17.3. The lowest BCUT2D eigenvalue weighted by Gasteiger charge is -2.34. The number of pyridine rings is 1. The zero-order valence-corrected chi connectivity index (χ0v) is 17.3. The standard InChI is InChI=1S/C22H28FN3O3/c1-22(2,3)29-21(27)26-8-4-5-19(26)17-13-15-6-7-16(23)14-18(15)24-20(17)25-9-11-28-12-10-25/h6-7,13-14,19H,4-5,8-12H2,1-3H3. The van der Waals surface area contributed by atoms with Crippen LogP contribution in [0.4, 0.5) is 15.0 Å². The smallest absolute Gasteiger partial charge is 0.410 e. The second kappa shape index (κ2) is 7.78. The van der Waals surface area contributed by atoms with Gasteiger partial charge in [-0.05, 0) is 51.8 Å². The summed E-state index contributed by atoms with van der Waals surface area (Å²) in [6.07, 6.45) is 1.46. The molecule has 2 fully saturated rings. The highest BCUT2D eigenvalue weighted by Crippen LogP contribution is 2.39. The van der Waals surface area contributed by atoms with Crippen LogP contribution in [0, 0.1) is 5.82 Å². The molecule has 1 amide bonds. The summed E-state index contributed by atoms with van der Waals surface area (Å²) in [5.74, 6) is 0.508. The third-order valence-electron chi connectivity index (χ3n) is 5.34. The van der Waals surface area contributed by atoms with E-state index in [4.69, 9.17) is 14.5 Å². The molecular formula is C22H28FN3O3. The number of benzene rings is 1. The van der Waals surface area contributed by atoms with E-state index in [-0.39, 0.29) is 18.0 Å². The first-order valence-electron chi connectivity index (χ1n) is 10.2. The maximum atomic E-state index is 13.8. The molecule has 3 heterocycles. The van der Waals surface area contributed by atoms with Crippen LogP contribution in [0.5, 0.6) is 0 Å². The lowest BCUT2D eigenvalue weighted by atomic mass is 10.0. The number of rotatable bonds is 2. The van der Waals surface area contributed by atoms with Gasteiger partial charge in [0.05, 0.1) is 24.8 Å². The molecule has 0 N–H and O–H groups in total. The Kier molecular flexibility index (Phi) is 5.34. The summed E-state index contributed by atoms with van der Waals surface area (Å²) in [6.45, 7) is 8.98. The molecule has 1 atom stereocenters. The fraction of sp³-hybridized carbons (Fsp3) is 0.545. The number of morpholine rings is 1. The molecule has 6 nitrogen and oxygen atoms in total. The van der Waals surface area contributed by atoms with Crippen LogP contribution in [0.3, 0.4) is 0 Å². The van der Waals surface area contributed by atoms with Gasteiger partial charge >= 0.3 is 6.09 Å². The molecule has 2 saturated heterocycles. The van der Waals surface area contributed by atoms with Crippen molar-refractivity contribution in [3.63, 3.8) is 0 Å². The molecule has 2 aliphatic heterocycles. The lowest BCUT2D eigenvalue weighted by molar-refractivity contribution is 0.0224. The number of fused-ring (bicyclic) bond motifs is 1. The Bertz CT molecular complexity index is 906. The Morgan fingerprint density at radius 1 is 1.21 bits per heavy atom. The number of carbonyl (C=O) groups excluding carboxylic acids is 1. The summed E-state index contributed by atoms with van der Waals surface area (Å²) in [5.41, 5.74) is 1.07. The molecule has 2 aromatic rings. The molecular weight excluding hydrogens is 373 g/mol. The summed E-state index contributed by atoms with van der Waals surface area (Å²) in [6, 6.07) is 6.60. The molecule has 7 heteroatoms. The topological polar surface area (TPSA) is 54.9 Å². The van der Waals surface area contributed by atoms with E-state index in [0.717, 1.165) is 42.7 Å². The first kappa shape index (κ1) is 19.9. The molecule has 1 unspecified atom stereocenters. The van der Waals surface area contributed by atoms with Crippen molar-refractivity contribution in [1.29, 1.82) is 0 Å². The Labute approximate surface area is 170 Å². The highest BCUT2D eigenvalue weighted by atomic mass is 19.1. The molecule has 1 aromatic heterocycles. The number of aromatic nitrogens is 1. The Morgan fingerprint density at radius 3 is 2.69 bits per heavy atom. The zero-order chi connectivity index (χ0) is 20.6. The highest BCUT2D eigenvalue weighted by molar-refractivity contribution is 5.82. The fourth-order valence-electron chi connectivity index (χ4n) is 4.05. The van der Waals surface area contributed by atoms with Crippen LogP contribution in [-0.2, 0) is 9.47 Å². The average Bonchev–Trinajstić information content (AvgIpc) is 3.16. The molecule has 0 radical (unpaired) electrons. The first-order valence-corrected chi connectivity index (χ1v) is 10.2. The van der Waals surface area contributed by atoms with Gasteiger partial charge in [-0.2, -0.15) is 0 Å². The predicted molar refractivity (Wildman–Crippen MR) is 110 cm³/mol. The average molecular weight is 401 g/mol. The van der Waals surface area contributed by atoms with Crippen molar-refractivity contribution in [3.8, 4) is 0 Å². The first-order chi connectivity index (χ1) is 13.8. The van der Waals surface area contributed by atoms with Gasteiger partial charge in [-0.3, -0.25) is 0 Å². The van der Waals surface area contributed by atoms with E-state index in [2.05, 4.69) is 11.0 Å². The number of halogens is 1. The van der Waals surface area contributed by atoms with Crippen LogP contribution in [0.1, 0.15) is 45.2 Å². The number of amides is 1. The van der Waals surface area contributed by atoms with Crippen LogP contribution in [0.25, 0.3) is 10.9 Å². The van der Waals surface area contributed by atoms with Crippen molar-refractivity contribution in [1.82, 2.24) is 9.88 Å². The highest BCUT2D eigenvalue weighted by Gasteiger charge is 2.36. The maximum absolute atomic E-state index is 13.8. The van der Waals surface area contributed by atoms with Crippen molar-refractivity contribution in [2.45, 2.75) is 45.3 Å². The van der Waals surface area contributed by atoms with Gasteiger partial charge in [-0.25, -0.2) is 14.2 Å². The molecule has 4 rings (SSSR count). The summed E-state index contributed by atoms with van der Waals surface area (Å²) < 4.78 is 24.9. The third-order valence-corrected chi connectivity index (χ3v) is 5.34. The van der Waals surface area contributed by atoms with Gasteiger partial charge in [0.25, 0.3) is 0 Å². The van der Waals surface area contributed by atoms with Gasteiger partial charge in [-0.15, -0.1) is 0 Å². The molecule has 0 aliphatic carbocycles. The minimum Gasteiger partial charge on any atom is -0.444 e. The molecule has 0 bridgehead atoms. The fourth-order valence-corrected chi connectivity index (χ4v) is 4.05. The van der Waals surface area contributed by atoms with Crippen molar-refractivity contribution in [2.75, 3.05) is 37.7 Å². The number of carbonyl (C=O) groups is 1. The van der Waals surface area contributed by atoms with Crippen molar-refractivity contribution >= 4 is 22.8 Å². The molecule has 0 spiro atoms. The van der Waals surface area contributed by atoms with E-state index >= 15 is 0 Å². The van der Waals surface area contributed by atoms with E-state index in [9.17, 15) is 9.18 Å². The quantitative estimate of drug-likeness (QED) is 0.752. The predicted octanol–water partition coefficient (Wildman–Crippen LogP) is 4.28. The van der Waals surface area contributed by atoms with Crippen molar-refractivity contribution in [3.05, 3.63) is 35.6 Å². The Hall–Kier alpha value is -2.41. The van der Waals surface area contributed by atoms with Gasteiger partial charge in [-0.1, -0.05) is 0 Å². The van der Waals surface area contributed by atoms with E-state index in [0.29, 0.717) is 25.3 Å². The minimum absolute atomic E-state index is 0.107. The van der Waals surface area contributed by atoms with E-state index in [1.165, 1.54) is 12.1 Å². The monoisotopic (exact) mass is 401 g/mol. The molecule has 156 valence electrons. The maximum Gasteiger partial charge on any atom is 0.410 e. The van der Waals surface area contributed by atoms with Crippen LogP contribution < -0.4 is 4.90 Å². The second-order valence-electron chi connectivity index (χ2n) is 8.67. The number of hydrogen-bond acceptors (Lipinski definition) is 5. The lowest BCUT2D eigenvalue weighted by Crippen LogP contribution is -2.39. The molecule has 29 heavy (non-hydrogen) atoms. The SMILES string of the molecule is CC(C)(C)OC(=O)N1CCCC1c1cc2ccc(F)cc2nc1N1CCOCC1. The Balaban J connectivity index is 1.76. The number of nitrogens with zero attached hydrogens (tertiary/aromatic N) is 3. The number of ether oxygens (including phenoxy) is 2. The largest absolute Gasteiger partial charge is 0.444 e. The van der Waals surface area contributed by atoms with E-state index in [1.54, 1.807) is 6.07 Å². The van der Waals surface area contributed by atoms with Crippen LogP contribution in [0.15, 0.2) is 24.3 Å². The van der Waals surface area contributed by atoms with Crippen LogP contribution >= 0.6 is 0 Å². The second-order valence-corrected chi connectivity index (χ2v) is 8.67. The van der Waals surface area contributed by atoms with Crippen LogP contribution in [-0.4, -0.2) is 54.4 Å². The summed E-state index contributed by atoms with van der Waals surface area (Å²) in [7, 11) is 0. The summed E-state index contributed by atoms with van der Waals surface area (Å²) in [5, 5.41) is 0.870. The minimum atomic E-state index is -0.545. The van der Waals surface area contributed by atoms with Gasteiger partial charge in [0, 0.05) is 36.7 Å². The number of likely N-dealkylation sites (tertiary alicyclic amines) is 1. The summed E-state index contributed by atoms with van der Waals surface area (Å²) in [4.78, 5) is 21.6. The van der Waals surface area contributed by atoms with Crippen molar-refractivity contribution in [2.24, 2.45) is 0 Å². The molecule has 1 aromatic carbocycles. The molecule has 2 aliphatic rings.